The average molecular weight is 495 g/mol. The lowest BCUT2D eigenvalue weighted by Crippen LogP contribution is -2.51. The van der Waals surface area contributed by atoms with Crippen LogP contribution in [0.15, 0.2) is 97.1 Å². The zero-order chi connectivity index (χ0) is 26.3. The topological polar surface area (TPSA) is 84.6 Å². The minimum absolute atomic E-state index is 0.425. The van der Waals surface area contributed by atoms with Crippen molar-refractivity contribution in [2.24, 2.45) is 5.73 Å². The van der Waals surface area contributed by atoms with Crippen molar-refractivity contribution in [1.82, 2.24) is 0 Å². The summed E-state index contributed by atoms with van der Waals surface area (Å²) in [6, 6.07) is 32.9. The number of nitrogens with two attached hydrogens (primary N) is 1. The van der Waals surface area contributed by atoms with E-state index in [1.165, 1.54) is 29.2 Å². The maximum Gasteiger partial charge on any atom is 0.246 e. The van der Waals surface area contributed by atoms with Crippen LogP contribution in [0.3, 0.4) is 0 Å². The number of carbonyl (C=O) groups excluding carboxylic acids is 1. The van der Waals surface area contributed by atoms with E-state index < -0.39 is 18.1 Å². The van der Waals surface area contributed by atoms with Gasteiger partial charge in [0.25, 0.3) is 0 Å². The van der Waals surface area contributed by atoms with E-state index in [1.807, 2.05) is 48.5 Å². The summed E-state index contributed by atoms with van der Waals surface area (Å²) in [6.07, 6.45) is 1.89. The van der Waals surface area contributed by atoms with Crippen molar-refractivity contribution >= 4 is 11.6 Å². The Bertz CT molecular complexity index is 1290. The molecule has 0 spiro atoms. The SMILES string of the molecule is CCc1ccc(-c2ccc(CCOc3ccc(-c4ccc(NC(=O)[C@@](C)(N)CO)cc4)cc3)cc2)cc1. The van der Waals surface area contributed by atoms with Gasteiger partial charge in [-0.1, -0.05) is 79.7 Å². The van der Waals surface area contributed by atoms with Crippen LogP contribution in [-0.2, 0) is 17.6 Å². The van der Waals surface area contributed by atoms with Crippen molar-refractivity contribution in [2.75, 3.05) is 18.5 Å². The summed E-state index contributed by atoms with van der Waals surface area (Å²) in [5.74, 6) is 0.397. The molecule has 0 aliphatic heterocycles. The Morgan fingerprint density at radius 2 is 1.24 bits per heavy atom. The molecule has 0 unspecified atom stereocenters. The third-order valence-corrected chi connectivity index (χ3v) is 6.49. The van der Waals surface area contributed by atoms with Crippen LogP contribution >= 0.6 is 0 Å². The number of carbonyl (C=O) groups is 1. The third-order valence-electron chi connectivity index (χ3n) is 6.49. The highest BCUT2D eigenvalue weighted by Crippen LogP contribution is 2.25. The highest BCUT2D eigenvalue weighted by molar-refractivity contribution is 5.97. The molecule has 4 N–H and O–H groups in total. The fourth-order valence-corrected chi connectivity index (χ4v) is 3.92. The molecule has 0 aromatic heterocycles. The predicted molar refractivity (Wildman–Crippen MR) is 151 cm³/mol. The van der Waals surface area contributed by atoms with Gasteiger partial charge in [0.15, 0.2) is 0 Å². The van der Waals surface area contributed by atoms with Gasteiger partial charge in [0.1, 0.15) is 11.3 Å². The molecule has 0 bridgehead atoms. The van der Waals surface area contributed by atoms with E-state index in [9.17, 15) is 9.90 Å². The summed E-state index contributed by atoms with van der Waals surface area (Å²) < 4.78 is 5.97. The number of aliphatic hydroxyl groups is 1. The molecule has 0 fully saturated rings. The van der Waals surface area contributed by atoms with Crippen molar-refractivity contribution in [2.45, 2.75) is 32.2 Å². The molecule has 1 amide bonds. The maximum atomic E-state index is 12.1. The number of benzene rings is 4. The second-order valence-corrected chi connectivity index (χ2v) is 9.48. The van der Waals surface area contributed by atoms with Crippen molar-refractivity contribution in [3.05, 3.63) is 108 Å². The van der Waals surface area contributed by atoms with Gasteiger partial charge in [-0.25, -0.2) is 0 Å². The minimum atomic E-state index is -1.32. The number of hydrogen-bond acceptors (Lipinski definition) is 4. The quantitative estimate of drug-likeness (QED) is 0.258. The Labute approximate surface area is 218 Å². The molecule has 0 saturated heterocycles. The van der Waals surface area contributed by atoms with Crippen LogP contribution in [-0.4, -0.2) is 29.8 Å². The Kier molecular flexibility index (Phi) is 8.39. The van der Waals surface area contributed by atoms with E-state index in [0.717, 1.165) is 29.7 Å². The van der Waals surface area contributed by atoms with Gasteiger partial charge in [0.2, 0.25) is 5.91 Å². The molecule has 5 heteroatoms. The van der Waals surface area contributed by atoms with Gasteiger partial charge in [-0.15, -0.1) is 0 Å². The molecule has 0 saturated carbocycles. The van der Waals surface area contributed by atoms with Crippen LogP contribution in [0.1, 0.15) is 25.0 Å². The number of amides is 1. The summed E-state index contributed by atoms with van der Waals surface area (Å²) in [4.78, 5) is 12.1. The second kappa shape index (κ2) is 11.9. The number of hydrogen-bond donors (Lipinski definition) is 3. The number of aryl methyl sites for hydroxylation is 1. The minimum Gasteiger partial charge on any atom is -0.493 e. The summed E-state index contributed by atoms with van der Waals surface area (Å²) in [5, 5.41) is 12.0. The molecular weight excluding hydrogens is 460 g/mol. The monoisotopic (exact) mass is 494 g/mol. The first-order chi connectivity index (χ1) is 17.9. The lowest BCUT2D eigenvalue weighted by Gasteiger charge is -2.20. The van der Waals surface area contributed by atoms with E-state index in [1.54, 1.807) is 0 Å². The predicted octanol–water partition coefficient (Wildman–Crippen LogP) is 5.85. The van der Waals surface area contributed by atoms with Crippen molar-refractivity contribution in [1.29, 1.82) is 0 Å². The van der Waals surface area contributed by atoms with Crippen LogP contribution in [0.5, 0.6) is 5.75 Å². The van der Waals surface area contributed by atoms with Gasteiger partial charge in [-0.3, -0.25) is 4.79 Å². The van der Waals surface area contributed by atoms with E-state index in [4.69, 9.17) is 10.5 Å². The van der Waals surface area contributed by atoms with Crippen LogP contribution in [0.4, 0.5) is 5.69 Å². The Hall–Kier alpha value is -3.93. The summed E-state index contributed by atoms with van der Waals surface area (Å²) >= 11 is 0. The zero-order valence-corrected chi connectivity index (χ0v) is 21.4. The number of anilines is 1. The lowest BCUT2D eigenvalue weighted by molar-refractivity contribution is -0.121. The van der Waals surface area contributed by atoms with Crippen LogP contribution in [0.25, 0.3) is 22.3 Å². The number of rotatable bonds is 10. The van der Waals surface area contributed by atoms with Gasteiger partial charge >= 0.3 is 0 Å². The fourth-order valence-electron chi connectivity index (χ4n) is 3.92. The highest BCUT2D eigenvalue weighted by Gasteiger charge is 2.27. The molecule has 0 radical (unpaired) electrons. The molecule has 4 aromatic carbocycles. The smallest absolute Gasteiger partial charge is 0.246 e. The third kappa shape index (κ3) is 6.85. The number of nitrogens with one attached hydrogen (secondary N) is 1. The Morgan fingerprint density at radius 3 is 1.73 bits per heavy atom. The molecule has 0 aliphatic rings. The second-order valence-electron chi connectivity index (χ2n) is 9.48. The number of aliphatic hydroxyl groups excluding tert-OH is 1. The van der Waals surface area contributed by atoms with Crippen molar-refractivity contribution < 1.29 is 14.6 Å². The lowest BCUT2D eigenvalue weighted by atomic mass is 10.0. The van der Waals surface area contributed by atoms with Gasteiger partial charge in [0.05, 0.1) is 13.2 Å². The summed E-state index contributed by atoms with van der Waals surface area (Å²) in [7, 11) is 0. The van der Waals surface area contributed by atoms with Crippen LogP contribution in [0, 0.1) is 0 Å². The first-order valence-corrected chi connectivity index (χ1v) is 12.6. The average Bonchev–Trinajstić information content (AvgIpc) is 2.94. The molecule has 4 aromatic rings. The Morgan fingerprint density at radius 1 is 0.784 bits per heavy atom. The fraction of sp³-hybridized carbons (Fsp3) is 0.219. The normalized spacial score (nSPS) is 12.5. The zero-order valence-electron chi connectivity index (χ0n) is 21.4. The van der Waals surface area contributed by atoms with E-state index in [2.05, 4.69) is 60.8 Å². The number of ether oxygens (including phenoxy) is 1. The largest absolute Gasteiger partial charge is 0.493 e. The standard InChI is InChI=1S/C32H34N2O3/c1-3-23-4-8-25(9-5-23)26-10-6-24(7-11-26)20-21-37-30-18-14-28(15-19-30)27-12-16-29(17-13-27)34-31(36)32(2,33)22-35/h4-19,35H,3,20-22,33H2,1-2H3,(H,34,36)/t32-/m0/s1. The molecule has 190 valence electrons. The van der Waals surface area contributed by atoms with Crippen molar-refractivity contribution in [3.63, 3.8) is 0 Å². The first-order valence-electron chi connectivity index (χ1n) is 12.6. The van der Waals surface area contributed by atoms with Gasteiger partial charge in [0, 0.05) is 12.1 Å². The Balaban J connectivity index is 1.28. The summed E-state index contributed by atoms with van der Waals surface area (Å²) in [6.45, 7) is 3.84. The van der Waals surface area contributed by atoms with Gasteiger partial charge in [-0.05, 0) is 71.0 Å². The molecule has 0 aliphatic carbocycles. The first kappa shape index (κ1) is 26.1. The molecule has 5 nitrogen and oxygen atoms in total. The maximum absolute atomic E-state index is 12.1. The highest BCUT2D eigenvalue weighted by atomic mass is 16.5. The molecule has 1 atom stereocenters. The molecular formula is C32H34N2O3. The molecule has 4 rings (SSSR count). The summed E-state index contributed by atoms with van der Waals surface area (Å²) in [5.41, 5.74) is 12.2. The molecule has 0 heterocycles. The van der Waals surface area contributed by atoms with Crippen molar-refractivity contribution in [3.8, 4) is 28.0 Å². The van der Waals surface area contributed by atoms with E-state index in [-0.39, 0.29) is 0 Å². The van der Waals surface area contributed by atoms with Crippen LogP contribution in [0.2, 0.25) is 0 Å². The van der Waals surface area contributed by atoms with Gasteiger partial charge < -0.3 is 20.9 Å². The van der Waals surface area contributed by atoms with Crippen LogP contribution < -0.4 is 15.8 Å². The molecule has 37 heavy (non-hydrogen) atoms. The van der Waals surface area contributed by atoms with E-state index >= 15 is 0 Å². The van der Waals surface area contributed by atoms with E-state index in [0.29, 0.717) is 12.3 Å². The van der Waals surface area contributed by atoms with Gasteiger partial charge in [-0.2, -0.15) is 0 Å².